The Morgan fingerprint density at radius 2 is 2.06 bits per heavy atom. The molecule has 96 valence electrons. The number of benzene rings is 1. The Morgan fingerprint density at radius 1 is 1.28 bits per heavy atom. The molecule has 0 aliphatic carbocycles. The zero-order chi connectivity index (χ0) is 12.5. The third-order valence-electron chi connectivity index (χ3n) is 3.81. The Bertz CT molecular complexity index is 445. The van der Waals surface area contributed by atoms with E-state index in [1.54, 1.807) is 12.1 Å². The van der Waals surface area contributed by atoms with Gasteiger partial charge in [-0.2, -0.15) is 0 Å². The predicted molar refractivity (Wildman–Crippen MR) is 64.1 cm³/mol. The highest BCUT2D eigenvalue weighted by Gasteiger charge is 2.41. The van der Waals surface area contributed by atoms with Gasteiger partial charge in [-0.1, -0.05) is 12.1 Å². The Hall–Kier alpha value is -1.46. The average molecular weight is 249 g/mol. The molecule has 5 nitrogen and oxygen atoms in total. The van der Waals surface area contributed by atoms with E-state index in [0.29, 0.717) is 11.8 Å². The van der Waals surface area contributed by atoms with Crippen molar-refractivity contribution < 1.29 is 14.4 Å². The van der Waals surface area contributed by atoms with E-state index < -0.39 is 0 Å². The number of nitro benzene ring substituents is 1. The first kappa shape index (κ1) is 11.6. The minimum atomic E-state index is -0.372. The first-order valence-electron chi connectivity index (χ1n) is 6.20. The van der Waals surface area contributed by atoms with Crippen LogP contribution < -0.4 is 0 Å². The van der Waals surface area contributed by atoms with E-state index in [2.05, 4.69) is 0 Å². The zero-order valence-corrected chi connectivity index (χ0v) is 9.95. The van der Waals surface area contributed by atoms with E-state index in [1.165, 1.54) is 0 Å². The summed E-state index contributed by atoms with van der Waals surface area (Å²) < 4.78 is 11.1. The summed E-state index contributed by atoms with van der Waals surface area (Å²) in [5, 5.41) is 10.6. The summed E-state index contributed by atoms with van der Waals surface area (Å²) in [5.41, 5.74) is 1.27. The summed E-state index contributed by atoms with van der Waals surface area (Å²) >= 11 is 0. The highest BCUT2D eigenvalue weighted by molar-refractivity contribution is 5.33. The summed E-state index contributed by atoms with van der Waals surface area (Å²) in [7, 11) is 0. The molecule has 0 radical (unpaired) electrons. The second kappa shape index (κ2) is 4.66. The highest BCUT2D eigenvalue weighted by Crippen LogP contribution is 2.37. The molecule has 18 heavy (non-hydrogen) atoms. The van der Waals surface area contributed by atoms with Gasteiger partial charge in [-0.3, -0.25) is 10.1 Å². The van der Waals surface area contributed by atoms with Crippen LogP contribution in [0.4, 0.5) is 5.69 Å². The van der Waals surface area contributed by atoms with E-state index in [0.717, 1.165) is 31.6 Å². The van der Waals surface area contributed by atoms with E-state index in [-0.39, 0.29) is 16.9 Å². The van der Waals surface area contributed by atoms with Crippen LogP contribution in [0.15, 0.2) is 24.3 Å². The Labute approximate surface area is 105 Å². The van der Waals surface area contributed by atoms with Gasteiger partial charge in [-0.25, -0.2) is 0 Å². The fourth-order valence-corrected chi connectivity index (χ4v) is 2.82. The van der Waals surface area contributed by atoms with Crippen molar-refractivity contribution in [2.75, 3.05) is 13.2 Å². The largest absolute Gasteiger partial charge is 0.352 e. The van der Waals surface area contributed by atoms with Crippen molar-refractivity contribution in [1.82, 2.24) is 0 Å². The van der Waals surface area contributed by atoms with Crippen molar-refractivity contribution in [3.05, 3.63) is 39.9 Å². The molecule has 5 heteroatoms. The maximum atomic E-state index is 10.6. The molecule has 0 saturated carbocycles. The van der Waals surface area contributed by atoms with E-state index >= 15 is 0 Å². The predicted octanol–water partition coefficient (Wildman–Crippen LogP) is 2.15. The summed E-state index contributed by atoms with van der Waals surface area (Å²) in [6, 6.07) is 6.80. The van der Waals surface area contributed by atoms with Crippen LogP contribution in [0, 0.1) is 22.0 Å². The lowest BCUT2D eigenvalue weighted by atomic mass is 9.88. The van der Waals surface area contributed by atoms with Crippen molar-refractivity contribution in [2.24, 2.45) is 11.8 Å². The molecule has 0 spiro atoms. The molecule has 2 aliphatic heterocycles. The number of hydrogen-bond acceptors (Lipinski definition) is 4. The first-order chi connectivity index (χ1) is 8.74. The molecule has 0 unspecified atom stereocenters. The number of rotatable bonds is 3. The number of non-ortho nitro benzene ring substituents is 1. The monoisotopic (exact) mass is 249 g/mol. The lowest BCUT2D eigenvalue weighted by molar-refractivity contribution is -0.384. The zero-order valence-electron chi connectivity index (χ0n) is 9.95. The van der Waals surface area contributed by atoms with Crippen molar-refractivity contribution in [2.45, 2.75) is 19.1 Å². The minimum Gasteiger partial charge on any atom is -0.352 e. The van der Waals surface area contributed by atoms with Crippen LogP contribution in [0.25, 0.3) is 0 Å². The molecular formula is C13H15NO4. The molecule has 2 saturated heterocycles. The van der Waals surface area contributed by atoms with Crippen LogP contribution in [-0.4, -0.2) is 24.4 Å². The smallest absolute Gasteiger partial charge is 0.269 e. The van der Waals surface area contributed by atoms with Gasteiger partial charge < -0.3 is 9.47 Å². The van der Waals surface area contributed by atoms with Gasteiger partial charge in [-0.15, -0.1) is 0 Å². The number of nitro groups is 1. The van der Waals surface area contributed by atoms with Gasteiger partial charge in [0.25, 0.3) is 5.69 Å². The molecule has 1 aromatic carbocycles. The Balaban J connectivity index is 1.67. The molecule has 2 heterocycles. The first-order valence-corrected chi connectivity index (χ1v) is 6.20. The molecule has 0 bridgehead atoms. The van der Waals surface area contributed by atoms with Crippen molar-refractivity contribution >= 4 is 5.69 Å². The Kier molecular flexibility index (Phi) is 3.01. The van der Waals surface area contributed by atoms with Crippen LogP contribution in [-0.2, 0) is 15.9 Å². The quantitative estimate of drug-likeness (QED) is 0.608. The molecule has 0 amide bonds. The molecule has 2 fully saturated rings. The van der Waals surface area contributed by atoms with Gasteiger partial charge in [0, 0.05) is 18.1 Å². The molecule has 3 rings (SSSR count). The molecule has 2 aliphatic rings. The molecular weight excluding hydrogens is 234 g/mol. The number of fused-ring (bicyclic) bond motifs is 1. The van der Waals surface area contributed by atoms with Gasteiger partial charge in [0.15, 0.2) is 6.29 Å². The highest BCUT2D eigenvalue weighted by atomic mass is 16.7. The van der Waals surface area contributed by atoms with Gasteiger partial charge >= 0.3 is 0 Å². The van der Waals surface area contributed by atoms with Gasteiger partial charge in [0.1, 0.15) is 0 Å². The Morgan fingerprint density at radius 3 is 2.78 bits per heavy atom. The topological polar surface area (TPSA) is 61.6 Å². The molecule has 0 aromatic heterocycles. The van der Waals surface area contributed by atoms with Crippen molar-refractivity contribution in [1.29, 1.82) is 0 Å². The fourth-order valence-electron chi connectivity index (χ4n) is 2.82. The van der Waals surface area contributed by atoms with E-state index in [1.807, 2.05) is 12.1 Å². The lowest BCUT2D eigenvalue weighted by Gasteiger charge is -2.14. The van der Waals surface area contributed by atoms with Crippen molar-refractivity contribution in [3.8, 4) is 0 Å². The van der Waals surface area contributed by atoms with E-state index in [9.17, 15) is 10.1 Å². The van der Waals surface area contributed by atoms with Gasteiger partial charge in [0.05, 0.1) is 18.1 Å². The summed E-state index contributed by atoms with van der Waals surface area (Å²) in [4.78, 5) is 10.2. The van der Waals surface area contributed by atoms with Gasteiger partial charge in [-0.05, 0) is 24.3 Å². The van der Waals surface area contributed by atoms with Crippen LogP contribution in [0.3, 0.4) is 0 Å². The minimum absolute atomic E-state index is 0.0203. The third-order valence-corrected chi connectivity index (χ3v) is 3.81. The van der Waals surface area contributed by atoms with E-state index in [4.69, 9.17) is 9.47 Å². The maximum Gasteiger partial charge on any atom is 0.269 e. The SMILES string of the molecule is O=[N+]([O-])c1ccc(C[C@H]2CO[C@H]3OCC[C@@H]23)cc1. The second-order valence-electron chi connectivity index (χ2n) is 4.91. The molecule has 3 atom stereocenters. The average Bonchev–Trinajstić information content (AvgIpc) is 2.95. The summed E-state index contributed by atoms with van der Waals surface area (Å²) in [5.74, 6) is 0.958. The maximum absolute atomic E-state index is 10.6. The standard InChI is InChI=1S/C13H15NO4/c15-14(16)11-3-1-9(2-4-11)7-10-8-18-13-12(10)5-6-17-13/h1-4,10,12-13H,5-8H2/t10-,12-,13+/m0/s1. The lowest BCUT2D eigenvalue weighted by Crippen LogP contribution is -2.16. The van der Waals surface area contributed by atoms with Gasteiger partial charge in [0.2, 0.25) is 0 Å². The fraction of sp³-hybridized carbons (Fsp3) is 0.538. The second-order valence-corrected chi connectivity index (χ2v) is 4.91. The van der Waals surface area contributed by atoms with Crippen LogP contribution in [0.5, 0.6) is 0 Å². The third kappa shape index (κ3) is 2.11. The van der Waals surface area contributed by atoms with Crippen molar-refractivity contribution in [3.63, 3.8) is 0 Å². The number of nitrogens with zero attached hydrogens (tertiary/aromatic N) is 1. The molecule has 0 N–H and O–H groups in total. The number of hydrogen-bond donors (Lipinski definition) is 0. The molecule has 1 aromatic rings. The van der Waals surface area contributed by atoms with Crippen LogP contribution in [0.1, 0.15) is 12.0 Å². The summed E-state index contributed by atoms with van der Waals surface area (Å²) in [6.07, 6.45) is 1.94. The normalized spacial score (nSPS) is 30.3. The van der Waals surface area contributed by atoms with Crippen LogP contribution in [0.2, 0.25) is 0 Å². The van der Waals surface area contributed by atoms with Crippen LogP contribution >= 0.6 is 0 Å². The summed E-state index contributed by atoms with van der Waals surface area (Å²) in [6.45, 7) is 1.51. The number of ether oxygens (including phenoxy) is 2.